The molecule has 31 heavy (non-hydrogen) atoms. The van der Waals surface area contributed by atoms with E-state index in [2.05, 4.69) is 19.7 Å². The summed E-state index contributed by atoms with van der Waals surface area (Å²) >= 11 is 0. The zero-order chi connectivity index (χ0) is 23.5. The van der Waals surface area contributed by atoms with Crippen LogP contribution in [0.4, 0.5) is 13.2 Å². The number of esters is 1. The number of carbonyl (C=O) groups excluding carboxylic acids is 2. The maximum atomic E-state index is 12.5. The highest BCUT2D eigenvalue weighted by Crippen LogP contribution is 2.26. The molecule has 1 aromatic rings. The number of ether oxygens (including phenoxy) is 3. The molecule has 0 bridgehead atoms. The van der Waals surface area contributed by atoms with Gasteiger partial charge in [-0.05, 0) is 44.5 Å². The molecular weight excluding hydrogens is 419 g/mol. The first kappa shape index (κ1) is 26.7. The number of nitrogens with one attached hydrogen (secondary N) is 1. The van der Waals surface area contributed by atoms with Crippen LogP contribution < -0.4 is 15.8 Å². The van der Waals surface area contributed by atoms with Crippen LogP contribution in [0.15, 0.2) is 18.2 Å². The van der Waals surface area contributed by atoms with E-state index in [9.17, 15) is 22.8 Å². The van der Waals surface area contributed by atoms with Crippen LogP contribution in [0.2, 0.25) is 0 Å². The number of hydrogen-bond donors (Lipinski definition) is 2. The van der Waals surface area contributed by atoms with E-state index in [1.54, 1.807) is 0 Å². The van der Waals surface area contributed by atoms with Crippen LogP contribution in [0.3, 0.4) is 0 Å². The molecule has 0 saturated carbocycles. The topological polar surface area (TPSA) is 103 Å². The third-order valence-electron chi connectivity index (χ3n) is 3.80. The molecule has 0 spiro atoms. The lowest BCUT2D eigenvalue weighted by Crippen LogP contribution is -2.42. The summed E-state index contributed by atoms with van der Waals surface area (Å²) in [6, 6.07) is 3.83. The number of nitrogens with zero attached hydrogens (tertiary/aromatic N) is 1. The molecule has 8 nitrogen and oxygen atoms in total. The van der Waals surface area contributed by atoms with E-state index < -0.39 is 18.1 Å². The molecular formula is C20H30F3N3O5. The Bertz CT molecular complexity index is 702. The van der Waals surface area contributed by atoms with Crippen molar-refractivity contribution in [2.24, 2.45) is 5.73 Å². The highest BCUT2D eigenvalue weighted by molar-refractivity contribution is 5.90. The highest BCUT2D eigenvalue weighted by atomic mass is 19.4. The lowest BCUT2D eigenvalue weighted by molar-refractivity contribution is -0.274. The standard InChI is InChI=1S/C15H20F3N3O3.C5H10O2/c16-15(17,18)24-13-8-11(10-21-4-2-20-3-5-21)7-12(9-13)14(22)23-6-1-19;1-5(2,3)7-4-6/h7-9,20H,1-6,10,19H2;4H,1-3H3. The van der Waals surface area contributed by atoms with Gasteiger partial charge in [0.25, 0.3) is 6.47 Å². The van der Waals surface area contributed by atoms with Crippen molar-refractivity contribution < 1.29 is 37.0 Å². The zero-order valence-electron chi connectivity index (χ0n) is 18.0. The number of halogens is 3. The second-order valence-electron chi connectivity index (χ2n) is 7.69. The fourth-order valence-electron chi connectivity index (χ4n) is 2.57. The second kappa shape index (κ2) is 12.5. The second-order valence-corrected chi connectivity index (χ2v) is 7.69. The molecule has 0 unspecified atom stereocenters. The number of carbonyl (C=O) groups is 2. The summed E-state index contributed by atoms with van der Waals surface area (Å²) in [6.07, 6.45) is -4.83. The van der Waals surface area contributed by atoms with E-state index in [1.807, 2.05) is 20.8 Å². The molecule has 2 rings (SSSR count). The first-order chi connectivity index (χ1) is 14.4. The first-order valence-corrected chi connectivity index (χ1v) is 9.75. The summed E-state index contributed by atoms with van der Waals surface area (Å²) in [6.45, 7) is 9.65. The van der Waals surface area contributed by atoms with E-state index >= 15 is 0 Å². The van der Waals surface area contributed by atoms with Crippen LogP contribution in [0.25, 0.3) is 0 Å². The molecule has 11 heteroatoms. The van der Waals surface area contributed by atoms with Crippen molar-refractivity contribution in [1.29, 1.82) is 0 Å². The van der Waals surface area contributed by atoms with Crippen LogP contribution in [-0.4, -0.2) is 68.6 Å². The minimum Gasteiger partial charge on any atom is -0.462 e. The van der Waals surface area contributed by atoms with Crippen LogP contribution in [-0.2, 0) is 20.8 Å². The van der Waals surface area contributed by atoms with Gasteiger partial charge in [0.2, 0.25) is 0 Å². The Balaban J connectivity index is 0.000000592. The normalized spacial score (nSPS) is 14.8. The number of benzene rings is 1. The number of hydrogen-bond acceptors (Lipinski definition) is 8. The smallest absolute Gasteiger partial charge is 0.462 e. The SMILES string of the molecule is CC(C)(C)OC=O.NCCOC(=O)c1cc(CN2CCNCC2)cc(OC(F)(F)F)c1. The fourth-order valence-corrected chi connectivity index (χ4v) is 2.57. The molecule has 0 radical (unpaired) electrons. The summed E-state index contributed by atoms with van der Waals surface area (Å²) in [4.78, 5) is 23.6. The van der Waals surface area contributed by atoms with Gasteiger partial charge in [0.05, 0.1) is 5.56 Å². The van der Waals surface area contributed by atoms with E-state index in [0.29, 0.717) is 18.6 Å². The van der Waals surface area contributed by atoms with Gasteiger partial charge in [0.1, 0.15) is 18.0 Å². The lowest BCUT2D eigenvalue weighted by Gasteiger charge is -2.27. The van der Waals surface area contributed by atoms with Crippen molar-refractivity contribution in [3.05, 3.63) is 29.3 Å². The summed E-state index contributed by atoms with van der Waals surface area (Å²) in [5, 5.41) is 3.19. The monoisotopic (exact) mass is 449 g/mol. The number of rotatable bonds is 7. The van der Waals surface area contributed by atoms with Gasteiger partial charge in [-0.15, -0.1) is 13.2 Å². The number of nitrogens with two attached hydrogens (primary N) is 1. The molecule has 1 saturated heterocycles. The maximum absolute atomic E-state index is 12.5. The summed E-state index contributed by atoms with van der Waals surface area (Å²) < 4.78 is 50.9. The molecule has 1 heterocycles. The Morgan fingerprint density at radius 1 is 1.19 bits per heavy atom. The van der Waals surface area contributed by atoms with E-state index in [1.165, 1.54) is 12.1 Å². The average Bonchev–Trinajstić information content (AvgIpc) is 2.65. The molecule has 1 fully saturated rings. The molecule has 1 aromatic carbocycles. The van der Waals surface area contributed by atoms with Crippen LogP contribution in [0.1, 0.15) is 36.7 Å². The molecule has 0 amide bonds. The van der Waals surface area contributed by atoms with Gasteiger partial charge in [0, 0.05) is 39.3 Å². The number of piperazine rings is 1. The molecule has 0 aromatic heterocycles. The molecule has 176 valence electrons. The Morgan fingerprint density at radius 3 is 2.32 bits per heavy atom. The largest absolute Gasteiger partial charge is 0.573 e. The van der Waals surface area contributed by atoms with Crippen molar-refractivity contribution in [3.8, 4) is 5.75 Å². The Morgan fingerprint density at radius 2 is 1.84 bits per heavy atom. The Kier molecular flexibility index (Phi) is 10.7. The van der Waals surface area contributed by atoms with Crippen molar-refractivity contribution in [2.45, 2.75) is 39.3 Å². The Hall–Kier alpha value is -2.37. The maximum Gasteiger partial charge on any atom is 0.573 e. The minimum atomic E-state index is -4.83. The quantitative estimate of drug-likeness (QED) is 0.482. The van der Waals surface area contributed by atoms with Crippen LogP contribution in [0, 0.1) is 0 Å². The van der Waals surface area contributed by atoms with E-state index in [0.717, 1.165) is 32.2 Å². The molecule has 0 atom stereocenters. The average molecular weight is 449 g/mol. The Labute approximate surface area is 179 Å². The van der Waals surface area contributed by atoms with Crippen LogP contribution >= 0.6 is 0 Å². The van der Waals surface area contributed by atoms with Gasteiger partial charge in [0.15, 0.2) is 0 Å². The summed E-state index contributed by atoms with van der Waals surface area (Å²) in [5.74, 6) is -1.16. The van der Waals surface area contributed by atoms with Gasteiger partial charge >= 0.3 is 12.3 Å². The van der Waals surface area contributed by atoms with Gasteiger partial charge in [-0.25, -0.2) is 4.79 Å². The van der Waals surface area contributed by atoms with E-state index in [-0.39, 0.29) is 24.3 Å². The lowest BCUT2D eigenvalue weighted by atomic mass is 10.1. The van der Waals surface area contributed by atoms with Crippen molar-refractivity contribution in [1.82, 2.24) is 10.2 Å². The van der Waals surface area contributed by atoms with Crippen molar-refractivity contribution in [3.63, 3.8) is 0 Å². The molecule has 3 N–H and O–H groups in total. The number of alkyl halides is 3. The highest BCUT2D eigenvalue weighted by Gasteiger charge is 2.31. The first-order valence-electron chi connectivity index (χ1n) is 9.75. The van der Waals surface area contributed by atoms with E-state index in [4.69, 9.17) is 10.5 Å². The van der Waals surface area contributed by atoms with Crippen molar-refractivity contribution in [2.75, 3.05) is 39.3 Å². The van der Waals surface area contributed by atoms with Crippen molar-refractivity contribution >= 4 is 12.4 Å². The van der Waals surface area contributed by atoms with Crippen LogP contribution in [0.5, 0.6) is 5.75 Å². The van der Waals surface area contributed by atoms with Gasteiger partial charge in [-0.2, -0.15) is 0 Å². The summed E-state index contributed by atoms with van der Waals surface area (Å²) in [7, 11) is 0. The molecule has 1 aliphatic rings. The summed E-state index contributed by atoms with van der Waals surface area (Å²) in [5.41, 5.74) is 5.50. The fraction of sp³-hybridized carbons (Fsp3) is 0.600. The third-order valence-corrected chi connectivity index (χ3v) is 3.80. The van der Waals surface area contributed by atoms with Gasteiger partial charge in [-0.1, -0.05) is 0 Å². The minimum absolute atomic E-state index is 0.00365. The predicted octanol–water partition coefficient (Wildman–Crippen LogP) is 2.06. The zero-order valence-corrected chi connectivity index (χ0v) is 18.0. The molecule has 1 aliphatic heterocycles. The van der Waals surface area contributed by atoms with Gasteiger partial charge in [-0.3, -0.25) is 9.69 Å². The third kappa shape index (κ3) is 12.2. The van der Waals surface area contributed by atoms with Gasteiger partial charge < -0.3 is 25.3 Å². The predicted molar refractivity (Wildman–Crippen MR) is 108 cm³/mol. The molecule has 0 aliphatic carbocycles.